The van der Waals surface area contributed by atoms with E-state index in [1.165, 1.54) is 6.33 Å². The lowest BCUT2D eigenvalue weighted by Crippen LogP contribution is -2.31. The lowest BCUT2D eigenvalue weighted by molar-refractivity contribution is -0.124. The van der Waals surface area contributed by atoms with Crippen LogP contribution in [0.15, 0.2) is 12.4 Å². The predicted molar refractivity (Wildman–Crippen MR) is 57.9 cm³/mol. The maximum atomic E-state index is 11.2. The zero-order chi connectivity index (χ0) is 11.5. The fourth-order valence-electron chi connectivity index (χ4n) is 1.30. The summed E-state index contributed by atoms with van der Waals surface area (Å²) in [5, 5.41) is 2.97. The van der Waals surface area contributed by atoms with Crippen molar-refractivity contribution in [2.24, 2.45) is 0 Å². The third-order valence-corrected chi connectivity index (χ3v) is 2.17. The van der Waals surface area contributed by atoms with Crippen LogP contribution in [0, 0.1) is 0 Å². The van der Waals surface area contributed by atoms with Crippen LogP contribution in [-0.4, -0.2) is 42.6 Å². The molecule has 2 heterocycles. The van der Waals surface area contributed by atoms with Crippen LogP contribution in [0.25, 0.3) is 0 Å². The average Bonchev–Trinajstić information content (AvgIpc) is 2.65. The highest BCUT2D eigenvalue weighted by Crippen LogP contribution is 2.12. The van der Waals surface area contributed by atoms with Crippen molar-refractivity contribution in [3.63, 3.8) is 0 Å². The summed E-state index contributed by atoms with van der Waals surface area (Å²) in [7, 11) is 3.77. The second kappa shape index (κ2) is 4.31. The number of hydrogen-bond donors (Lipinski definition) is 2. The molecule has 0 aromatic carbocycles. The number of hydroxylamine groups is 1. The molecule has 0 aliphatic carbocycles. The van der Waals surface area contributed by atoms with Crippen molar-refractivity contribution in [2.75, 3.05) is 30.9 Å². The van der Waals surface area contributed by atoms with E-state index in [2.05, 4.69) is 20.8 Å². The molecule has 1 unspecified atom stereocenters. The molecule has 2 N–H and O–H groups in total. The molecule has 0 spiro atoms. The predicted octanol–water partition coefficient (Wildman–Crippen LogP) is -0.615. The quantitative estimate of drug-likeness (QED) is 0.711. The minimum absolute atomic E-state index is 0.190. The molecule has 2 rings (SSSR count). The highest BCUT2D eigenvalue weighted by atomic mass is 16.7. The summed E-state index contributed by atoms with van der Waals surface area (Å²) >= 11 is 0. The van der Waals surface area contributed by atoms with E-state index in [0.29, 0.717) is 12.4 Å². The summed E-state index contributed by atoms with van der Waals surface area (Å²) in [6.07, 6.45) is 1.45. The fraction of sp³-hybridized carbons (Fsp3) is 0.444. The molecular weight excluding hydrogens is 210 g/mol. The maximum absolute atomic E-state index is 11.2. The van der Waals surface area contributed by atoms with Gasteiger partial charge >= 0.3 is 0 Å². The van der Waals surface area contributed by atoms with Gasteiger partial charge in [-0.25, -0.2) is 15.4 Å². The second-order valence-corrected chi connectivity index (χ2v) is 3.63. The van der Waals surface area contributed by atoms with Gasteiger partial charge in [0.2, 0.25) is 0 Å². The largest absolute Gasteiger partial charge is 0.363 e. The average molecular weight is 223 g/mol. The van der Waals surface area contributed by atoms with Crippen molar-refractivity contribution >= 4 is 17.5 Å². The van der Waals surface area contributed by atoms with Crippen LogP contribution >= 0.6 is 0 Å². The number of carbonyl (C=O) groups excluding carboxylic acids is 1. The van der Waals surface area contributed by atoms with Crippen LogP contribution in [-0.2, 0) is 9.63 Å². The van der Waals surface area contributed by atoms with E-state index >= 15 is 0 Å². The van der Waals surface area contributed by atoms with Crippen LogP contribution in [0.5, 0.6) is 0 Å². The lowest BCUT2D eigenvalue weighted by Gasteiger charge is -2.13. The summed E-state index contributed by atoms with van der Waals surface area (Å²) in [6, 6.07) is 1.37. The molecule has 0 radical (unpaired) electrons. The minimum Gasteiger partial charge on any atom is -0.363 e. The number of anilines is 2. The minimum atomic E-state index is -0.398. The molecule has 1 fully saturated rings. The molecular formula is C9H13N5O2. The van der Waals surface area contributed by atoms with Crippen molar-refractivity contribution in [1.29, 1.82) is 0 Å². The fourth-order valence-corrected chi connectivity index (χ4v) is 1.30. The number of carbonyl (C=O) groups is 1. The first kappa shape index (κ1) is 10.6. The van der Waals surface area contributed by atoms with Gasteiger partial charge in [0, 0.05) is 20.2 Å². The van der Waals surface area contributed by atoms with Gasteiger partial charge in [0.25, 0.3) is 5.91 Å². The monoisotopic (exact) mass is 223 g/mol. The first-order chi connectivity index (χ1) is 7.66. The van der Waals surface area contributed by atoms with Gasteiger partial charge in [0.1, 0.15) is 30.6 Å². The Kier molecular flexibility index (Phi) is 2.86. The van der Waals surface area contributed by atoms with E-state index in [-0.39, 0.29) is 5.91 Å². The number of nitrogens with zero attached hydrogens (tertiary/aromatic N) is 3. The van der Waals surface area contributed by atoms with Crippen molar-refractivity contribution in [2.45, 2.75) is 6.04 Å². The zero-order valence-electron chi connectivity index (χ0n) is 9.10. The van der Waals surface area contributed by atoms with Crippen LogP contribution in [0.1, 0.15) is 0 Å². The van der Waals surface area contributed by atoms with E-state index in [0.717, 1.165) is 5.82 Å². The Morgan fingerprint density at radius 3 is 3.00 bits per heavy atom. The number of amides is 1. The van der Waals surface area contributed by atoms with Gasteiger partial charge in [0.15, 0.2) is 0 Å². The third kappa shape index (κ3) is 2.19. The molecule has 0 bridgehead atoms. The Balaban J connectivity index is 2.09. The van der Waals surface area contributed by atoms with Gasteiger partial charge in [-0.05, 0) is 0 Å². The highest BCUT2D eigenvalue weighted by molar-refractivity contribution is 5.85. The zero-order valence-corrected chi connectivity index (χ0v) is 9.10. The third-order valence-electron chi connectivity index (χ3n) is 2.17. The number of aromatic nitrogens is 2. The normalized spacial score (nSPS) is 19.4. The molecule has 1 aliphatic heterocycles. The Hall–Kier alpha value is -1.89. The molecule has 1 aromatic rings. The summed E-state index contributed by atoms with van der Waals surface area (Å²) in [5.41, 5.74) is 2.27. The van der Waals surface area contributed by atoms with Crippen molar-refractivity contribution in [3.05, 3.63) is 12.4 Å². The molecule has 1 atom stereocenters. The highest BCUT2D eigenvalue weighted by Gasteiger charge is 2.25. The number of hydrogen-bond acceptors (Lipinski definition) is 6. The molecule has 1 aliphatic rings. The summed E-state index contributed by atoms with van der Waals surface area (Å²) in [4.78, 5) is 26.0. The van der Waals surface area contributed by atoms with E-state index in [1.807, 2.05) is 19.0 Å². The Morgan fingerprint density at radius 2 is 2.38 bits per heavy atom. The van der Waals surface area contributed by atoms with Crippen LogP contribution < -0.4 is 15.7 Å². The maximum Gasteiger partial charge on any atom is 0.268 e. The first-order valence-corrected chi connectivity index (χ1v) is 4.84. The summed E-state index contributed by atoms with van der Waals surface area (Å²) in [6.45, 7) is 0.292. The van der Waals surface area contributed by atoms with E-state index in [4.69, 9.17) is 4.84 Å². The molecule has 1 aromatic heterocycles. The van der Waals surface area contributed by atoms with Gasteiger partial charge in [-0.3, -0.25) is 9.63 Å². The smallest absolute Gasteiger partial charge is 0.268 e. The van der Waals surface area contributed by atoms with Crippen molar-refractivity contribution in [3.8, 4) is 0 Å². The first-order valence-electron chi connectivity index (χ1n) is 4.84. The molecule has 16 heavy (non-hydrogen) atoms. The number of rotatable bonds is 3. The van der Waals surface area contributed by atoms with E-state index in [1.54, 1.807) is 6.07 Å². The van der Waals surface area contributed by atoms with Crippen molar-refractivity contribution in [1.82, 2.24) is 15.4 Å². The van der Waals surface area contributed by atoms with Crippen LogP contribution in [0.4, 0.5) is 11.6 Å². The Bertz CT molecular complexity index is 395. The van der Waals surface area contributed by atoms with Gasteiger partial charge in [0.05, 0.1) is 0 Å². The van der Waals surface area contributed by atoms with Gasteiger partial charge in [-0.1, -0.05) is 0 Å². The van der Waals surface area contributed by atoms with Gasteiger partial charge in [-0.15, -0.1) is 0 Å². The van der Waals surface area contributed by atoms with Crippen LogP contribution in [0.2, 0.25) is 0 Å². The Morgan fingerprint density at radius 1 is 1.56 bits per heavy atom. The van der Waals surface area contributed by atoms with Gasteiger partial charge < -0.3 is 10.2 Å². The lowest BCUT2D eigenvalue weighted by atomic mass is 10.3. The molecule has 7 heteroatoms. The second-order valence-electron chi connectivity index (χ2n) is 3.63. The molecule has 7 nitrogen and oxygen atoms in total. The van der Waals surface area contributed by atoms with E-state index in [9.17, 15) is 4.79 Å². The summed E-state index contributed by atoms with van der Waals surface area (Å²) < 4.78 is 0. The summed E-state index contributed by atoms with van der Waals surface area (Å²) in [5.74, 6) is 1.19. The standard InChI is InChI=1S/C9H13N5O2/c1-14(2)8-3-7(10-5-11-8)12-6-4-16-13-9(6)15/h3,5-6H,4H2,1-2H3,(H,13,15)(H,10,11,12). The number of nitrogens with one attached hydrogen (secondary N) is 2. The molecule has 1 saturated heterocycles. The molecule has 1 amide bonds. The molecule has 0 saturated carbocycles. The van der Waals surface area contributed by atoms with Gasteiger partial charge in [-0.2, -0.15) is 0 Å². The Labute approximate surface area is 92.8 Å². The SMILES string of the molecule is CN(C)c1cc(NC2CONC2=O)ncn1. The topological polar surface area (TPSA) is 79.4 Å². The van der Waals surface area contributed by atoms with Crippen LogP contribution in [0.3, 0.4) is 0 Å². The molecule has 86 valence electrons. The van der Waals surface area contributed by atoms with Crippen molar-refractivity contribution < 1.29 is 9.63 Å². The van der Waals surface area contributed by atoms with E-state index < -0.39 is 6.04 Å².